The van der Waals surface area contributed by atoms with Crippen molar-refractivity contribution < 1.29 is 38.1 Å². The minimum atomic E-state index is -0.987. The van der Waals surface area contributed by atoms with Gasteiger partial charge in [0.25, 0.3) is 0 Å². The van der Waals surface area contributed by atoms with Gasteiger partial charge in [-0.25, -0.2) is 0 Å². The maximum absolute atomic E-state index is 12.0. The van der Waals surface area contributed by atoms with Crippen molar-refractivity contribution in [2.75, 3.05) is 6.61 Å². The lowest BCUT2D eigenvalue weighted by Crippen LogP contribution is -2.36. The molecule has 9 heteroatoms. The van der Waals surface area contributed by atoms with Crippen molar-refractivity contribution >= 4 is 23.9 Å². The Labute approximate surface area is 156 Å². The molecule has 0 heterocycles. The molecule has 148 valence electrons. The molecule has 2 N–H and O–H groups in total. The Morgan fingerprint density at radius 1 is 0.963 bits per heavy atom. The summed E-state index contributed by atoms with van der Waals surface area (Å²) in [6, 6.07) is 3.49. The van der Waals surface area contributed by atoms with E-state index in [9.17, 15) is 19.2 Å². The first-order valence-electron chi connectivity index (χ1n) is 8.17. The van der Waals surface area contributed by atoms with Crippen molar-refractivity contribution in [1.82, 2.24) is 0 Å². The summed E-state index contributed by atoms with van der Waals surface area (Å²) in [5.41, 5.74) is 6.40. The van der Waals surface area contributed by atoms with E-state index in [4.69, 9.17) is 24.7 Å². The number of ether oxygens (including phenoxy) is 4. The van der Waals surface area contributed by atoms with E-state index in [1.165, 1.54) is 32.9 Å². The van der Waals surface area contributed by atoms with Gasteiger partial charge in [-0.15, -0.1) is 0 Å². The molecule has 1 aromatic rings. The van der Waals surface area contributed by atoms with E-state index >= 15 is 0 Å². The van der Waals surface area contributed by atoms with Crippen LogP contribution in [-0.2, 0) is 35.1 Å². The third-order valence-electron chi connectivity index (χ3n) is 3.10. The first-order valence-corrected chi connectivity index (χ1v) is 8.17. The largest absolute Gasteiger partial charge is 0.461 e. The topological polar surface area (TPSA) is 131 Å². The lowest BCUT2D eigenvalue weighted by atomic mass is 10.1. The minimum Gasteiger partial charge on any atom is -0.461 e. The van der Waals surface area contributed by atoms with Crippen molar-refractivity contribution in [3.8, 4) is 11.5 Å². The van der Waals surface area contributed by atoms with E-state index in [2.05, 4.69) is 0 Å². The Hall–Kier alpha value is -2.94. The van der Waals surface area contributed by atoms with Gasteiger partial charge in [-0.2, -0.15) is 0 Å². The van der Waals surface area contributed by atoms with Crippen LogP contribution < -0.4 is 15.2 Å². The second kappa shape index (κ2) is 10.3. The summed E-state index contributed by atoms with van der Waals surface area (Å²) in [6.07, 6.45) is -0.493. The number of hydrogen-bond donors (Lipinski definition) is 1. The molecule has 9 nitrogen and oxygen atoms in total. The molecule has 0 saturated heterocycles. The van der Waals surface area contributed by atoms with Crippen LogP contribution >= 0.6 is 0 Å². The summed E-state index contributed by atoms with van der Waals surface area (Å²) in [5, 5.41) is 0. The smallest absolute Gasteiger partial charge is 0.323 e. The summed E-state index contributed by atoms with van der Waals surface area (Å²) in [5.74, 6) is -2.20. The molecule has 0 saturated carbocycles. The fourth-order valence-electron chi connectivity index (χ4n) is 2.11. The highest BCUT2D eigenvalue weighted by Crippen LogP contribution is 2.29. The Morgan fingerprint density at radius 2 is 1.56 bits per heavy atom. The molecule has 0 amide bonds. The van der Waals surface area contributed by atoms with Crippen molar-refractivity contribution in [1.29, 1.82) is 0 Å². The van der Waals surface area contributed by atoms with Crippen LogP contribution in [0.15, 0.2) is 18.2 Å². The maximum atomic E-state index is 12.0. The van der Waals surface area contributed by atoms with Crippen LogP contribution in [-0.4, -0.2) is 42.6 Å². The predicted molar refractivity (Wildman–Crippen MR) is 92.9 cm³/mol. The quantitative estimate of drug-likeness (QED) is 0.515. The molecule has 27 heavy (non-hydrogen) atoms. The summed E-state index contributed by atoms with van der Waals surface area (Å²) >= 11 is 0. The average Bonchev–Trinajstić information content (AvgIpc) is 2.53. The molecular formula is C18H23NO8. The van der Waals surface area contributed by atoms with Gasteiger partial charge < -0.3 is 24.7 Å². The van der Waals surface area contributed by atoms with Crippen molar-refractivity contribution in [3.05, 3.63) is 23.8 Å². The van der Waals surface area contributed by atoms with Crippen molar-refractivity contribution in [2.24, 2.45) is 5.73 Å². The van der Waals surface area contributed by atoms with Gasteiger partial charge in [0.2, 0.25) is 0 Å². The predicted octanol–water partition coefficient (Wildman–Crippen LogP) is 0.902. The van der Waals surface area contributed by atoms with Gasteiger partial charge in [-0.3, -0.25) is 19.2 Å². The lowest BCUT2D eigenvalue weighted by molar-refractivity contribution is -0.157. The van der Waals surface area contributed by atoms with Crippen molar-refractivity contribution in [3.63, 3.8) is 0 Å². The molecule has 1 rings (SSSR count). The molecule has 0 fully saturated rings. The molecule has 0 bridgehead atoms. The SMILES string of the molecule is CC(=O)Oc1ccc(C[C@H](N)C(=O)OC[C@H](C)OC(C)=O)cc1OC(C)=O. The third-order valence-corrected chi connectivity index (χ3v) is 3.10. The second-order valence-electron chi connectivity index (χ2n) is 5.83. The van der Waals surface area contributed by atoms with Crippen LogP contribution in [0.25, 0.3) is 0 Å². The summed E-state index contributed by atoms with van der Waals surface area (Å²) < 4.78 is 19.9. The van der Waals surface area contributed by atoms with E-state index in [1.807, 2.05) is 0 Å². The van der Waals surface area contributed by atoms with E-state index in [0.29, 0.717) is 5.56 Å². The fourth-order valence-corrected chi connectivity index (χ4v) is 2.11. The zero-order valence-electron chi connectivity index (χ0n) is 15.6. The standard InChI is InChI=1S/C18H23NO8/c1-10(25-11(2)20)9-24-18(23)15(19)7-14-5-6-16(26-12(3)21)17(8-14)27-13(4)22/h5-6,8,10,15H,7,9,19H2,1-4H3/t10-,15-/m0/s1. The number of carbonyl (C=O) groups excluding carboxylic acids is 4. The van der Waals surface area contributed by atoms with Crippen LogP contribution in [0.4, 0.5) is 0 Å². The van der Waals surface area contributed by atoms with Gasteiger partial charge in [-0.1, -0.05) is 6.07 Å². The van der Waals surface area contributed by atoms with Gasteiger partial charge >= 0.3 is 23.9 Å². The minimum absolute atomic E-state index is 0.0410. The Morgan fingerprint density at radius 3 is 2.11 bits per heavy atom. The number of nitrogens with two attached hydrogens (primary N) is 1. The number of esters is 4. The van der Waals surface area contributed by atoms with Crippen LogP contribution in [0.3, 0.4) is 0 Å². The number of rotatable bonds is 8. The van der Waals surface area contributed by atoms with Gasteiger partial charge in [0, 0.05) is 20.8 Å². The molecule has 0 aliphatic heterocycles. The first kappa shape index (κ1) is 22.1. The second-order valence-corrected chi connectivity index (χ2v) is 5.83. The molecule has 0 aliphatic carbocycles. The molecule has 0 spiro atoms. The zero-order chi connectivity index (χ0) is 20.6. The number of benzene rings is 1. The van der Waals surface area contributed by atoms with Gasteiger partial charge in [0.15, 0.2) is 11.5 Å². The van der Waals surface area contributed by atoms with Gasteiger partial charge in [0.05, 0.1) is 0 Å². The Kier molecular flexibility index (Phi) is 8.40. The van der Waals surface area contributed by atoms with Crippen molar-refractivity contribution in [2.45, 2.75) is 46.3 Å². The zero-order valence-corrected chi connectivity index (χ0v) is 15.6. The monoisotopic (exact) mass is 381 g/mol. The molecule has 0 aromatic heterocycles. The average molecular weight is 381 g/mol. The van der Waals surface area contributed by atoms with E-state index in [0.717, 1.165) is 0 Å². The Bertz CT molecular complexity index is 715. The van der Waals surface area contributed by atoms with E-state index in [1.54, 1.807) is 13.0 Å². The molecule has 1 aromatic carbocycles. The van der Waals surface area contributed by atoms with E-state index in [-0.39, 0.29) is 24.5 Å². The van der Waals surface area contributed by atoms with Gasteiger partial charge in [0.1, 0.15) is 18.8 Å². The lowest BCUT2D eigenvalue weighted by Gasteiger charge is -2.16. The number of hydrogen-bond acceptors (Lipinski definition) is 9. The fraction of sp³-hybridized carbons (Fsp3) is 0.444. The Balaban J connectivity index is 2.75. The summed E-state index contributed by atoms with van der Waals surface area (Å²) in [6.45, 7) is 5.14. The number of carbonyl (C=O) groups is 4. The first-order chi connectivity index (χ1) is 12.6. The molecule has 0 unspecified atom stereocenters. The highest BCUT2D eigenvalue weighted by Gasteiger charge is 2.19. The van der Waals surface area contributed by atoms with Crippen LogP contribution in [0.2, 0.25) is 0 Å². The maximum Gasteiger partial charge on any atom is 0.323 e. The highest BCUT2D eigenvalue weighted by atomic mass is 16.6. The molecule has 0 aliphatic rings. The van der Waals surface area contributed by atoms with E-state index < -0.39 is 36.0 Å². The third kappa shape index (κ3) is 8.32. The van der Waals surface area contributed by atoms with Gasteiger partial charge in [-0.05, 0) is 31.0 Å². The van der Waals surface area contributed by atoms with Crippen LogP contribution in [0.5, 0.6) is 11.5 Å². The molecule has 2 atom stereocenters. The molecule has 0 radical (unpaired) electrons. The normalized spacial score (nSPS) is 12.5. The molecular weight excluding hydrogens is 358 g/mol. The highest BCUT2D eigenvalue weighted by molar-refractivity contribution is 5.76. The summed E-state index contributed by atoms with van der Waals surface area (Å²) in [4.78, 5) is 45.1. The van der Waals surface area contributed by atoms with Crippen LogP contribution in [0, 0.1) is 0 Å². The van der Waals surface area contributed by atoms with Crippen LogP contribution in [0.1, 0.15) is 33.3 Å². The summed E-state index contributed by atoms with van der Waals surface area (Å²) in [7, 11) is 0.